The highest BCUT2D eigenvalue weighted by atomic mass is 16.5. The Bertz CT molecular complexity index is 1050. The van der Waals surface area contributed by atoms with Gasteiger partial charge in [-0.15, -0.1) is 0 Å². The molecule has 7 heteroatoms. The molecule has 3 heterocycles. The molecule has 0 saturated carbocycles. The third kappa shape index (κ3) is 3.66. The predicted octanol–water partition coefficient (Wildman–Crippen LogP) is 3.44. The summed E-state index contributed by atoms with van der Waals surface area (Å²) in [6, 6.07) is 11.0. The van der Waals surface area contributed by atoms with E-state index in [2.05, 4.69) is 0 Å². The summed E-state index contributed by atoms with van der Waals surface area (Å²) in [5, 5.41) is 0. The lowest BCUT2D eigenvalue weighted by Crippen LogP contribution is -2.52. The maximum absolute atomic E-state index is 13.7. The van der Waals surface area contributed by atoms with Gasteiger partial charge in [-0.3, -0.25) is 9.59 Å². The molecule has 0 aromatic heterocycles. The Balaban J connectivity index is 1.47. The summed E-state index contributed by atoms with van der Waals surface area (Å²) in [4.78, 5) is 30.4. The number of para-hydroxylation sites is 2. The first kappa shape index (κ1) is 20.7. The van der Waals surface area contributed by atoms with Gasteiger partial charge >= 0.3 is 0 Å². The molecule has 3 aliphatic rings. The van der Waals surface area contributed by atoms with Gasteiger partial charge < -0.3 is 24.0 Å². The lowest BCUT2D eigenvalue weighted by molar-refractivity contribution is -0.139. The van der Waals surface area contributed by atoms with E-state index in [-0.39, 0.29) is 24.5 Å². The van der Waals surface area contributed by atoms with Gasteiger partial charge in [0.05, 0.1) is 19.3 Å². The number of fused-ring (bicyclic) bond motifs is 2. The van der Waals surface area contributed by atoms with Crippen molar-refractivity contribution in [2.45, 2.75) is 44.8 Å². The third-order valence-electron chi connectivity index (χ3n) is 6.39. The number of anilines is 1. The normalized spacial score (nSPS) is 21.8. The van der Waals surface area contributed by atoms with Crippen LogP contribution in [-0.2, 0) is 11.2 Å². The molecule has 168 valence electrons. The molecule has 0 bridgehead atoms. The van der Waals surface area contributed by atoms with Crippen LogP contribution in [0.1, 0.15) is 42.1 Å². The Labute approximate surface area is 187 Å². The number of hydrogen-bond acceptors (Lipinski definition) is 5. The van der Waals surface area contributed by atoms with Crippen molar-refractivity contribution in [3.8, 4) is 17.2 Å². The minimum absolute atomic E-state index is 0.0416. The monoisotopic (exact) mass is 436 g/mol. The molecule has 32 heavy (non-hydrogen) atoms. The fourth-order valence-electron chi connectivity index (χ4n) is 4.80. The minimum atomic E-state index is -0.716. The Hall–Kier alpha value is -3.22. The van der Waals surface area contributed by atoms with Crippen LogP contribution in [0, 0.1) is 0 Å². The van der Waals surface area contributed by atoms with Gasteiger partial charge in [0.1, 0.15) is 11.9 Å². The van der Waals surface area contributed by atoms with Crippen LogP contribution in [0.4, 0.5) is 5.69 Å². The van der Waals surface area contributed by atoms with E-state index in [1.807, 2.05) is 42.2 Å². The van der Waals surface area contributed by atoms with Crippen LogP contribution in [0.25, 0.3) is 0 Å². The summed E-state index contributed by atoms with van der Waals surface area (Å²) in [5.74, 6) is 1.57. The first-order chi connectivity index (χ1) is 15.5. The van der Waals surface area contributed by atoms with Crippen LogP contribution < -0.4 is 19.1 Å². The SMILES string of the molecule is COc1cc(C(=O)N2CC(C(=O)N3CCCCC3)Oc3ccccc32)cc2c1OC(C)C2. The molecule has 3 aliphatic heterocycles. The highest BCUT2D eigenvalue weighted by Gasteiger charge is 2.37. The van der Waals surface area contributed by atoms with Gasteiger partial charge in [-0.05, 0) is 50.5 Å². The molecule has 5 rings (SSSR count). The summed E-state index contributed by atoms with van der Waals surface area (Å²) in [6.07, 6.45) is 3.21. The summed E-state index contributed by atoms with van der Waals surface area (Å²) in [7, 11) is 1.58. The van der Waals surface area contributed by atoms with E-state index in [1.165, 1.54) is 0 Å². The zero-order valence-corrected chi connectivity index (χ0v) is 18.5. The van der Waals surface area contributed by atoms with E-state index in [1.54, 1.807) is 18.1 Å². The molecule has 2 unspecified atom stereocenters. The van der Waals surface area contributed by atoms with Crippen LogP contribution in [-0.4, -0.2) is 55.7 Å². The fourth-order valence-corrected chi connectivity index (χ4v) is 4.80. The number of carbonyl (C=O) groups is 2. The smallest absolute Gasteiger partial charge is 0.265 e. The van der Waals surface area contributed by atoms with Crippen molar-refractivity contribution in [2.75, 3.05) is 31.6 Å². The number of hydrogen-bond donors (Lipinski definition) is 0. The van der Waals surface area contributed by atoms with Crippen molar-refractivity contribution in [1.29, 1.82) is 0 Å². The zero-order valence-electron chi connectivity index (χ0n) is 18.5. The molecular formula is C25H28N2O5. The largest absolute Gasteiger partial charge is 0.493 e. The molecular weight excluding hydrogens is 408 g/mol. The number of benzene rings is 2. The van der Waals surface area contributed by atoms with Crippen molar-refractivity contribution in [2.24, 2.45) is 0 Å². The second-order valence-electron chi connectivity index (χ2n) is 8.68. The first-order valence-electron chi connectivity index (χ1n) is 11.3. The van der Waals surface area contributed by atoms with Gasteiger partial charge in [-0.2, -0.15) is 0 Å². The predicted molar refractivity (Wildman–Crippen MR) is 120 cm³/mol. The van der Waals surface area contributed by atoms with Crippen molar-refractivity contribution in [3.63, 3.8) is 0 Å². The van der Waals surface area contributed by atoms with E-state index in [0.717, 1.165) is 44.3 Å². The lowest BCUT2D eigenvalue weighted by Gasteiger charge is -2.37. The summed E-state index contributed by atoms with van der Waals surface area (Å²) in [5.41, 5.74) is 2.14. The van der Waals surface area contributed by atoms with Crippen LogP contribution in [0.3, 0.4) is 0 Å². The highest BCUT2D eigenvalue weighted by Crippen LogP contribution is 2.40. The molecule has 0 radical (unpaired) electrons. The van der Waals surface area contributed by atoms with E-state index in [9.17, 15) is 9.59 Å². The molecule has 7 nitrogen and oxygen atoms in total. The topological polar surface area (TPSA) is 68.3 Å². The molecule has 0 spiro atoms. The quantitative estimate of drug-likeness (QED) is 0.737. The van der Waals surface area contributed by atoms with Crippen LogP contribution in [0.2, 0.25) is 0 Å². The van der Waals surface area contributed by atoms with Gasteiger partial charge in [0, 0.05) is 30.6 Å². The van der Waals surface area contributed by atoms with E-state index >= 15 is 0 Å². The van der Waals surface area contributed by atoms with Gasteiger partial charge in [-0.1, -0.05) is 12.1 Å². The maximum Gasteiger partial charge on any atom is 0.265 e. The number of nitrogens with zero attached hydrogens (tertiary/aromatic N) is 2. The molecule has 2 atom stereocenters. The standard InChI is InChI=1S/C25H28N2O5/c1-16-12-17-13-18(14-21(30-2)23(17)31-16)24(28)27-15-22(25(29)26-10-6-3-7-11-26)32-20-9-5-4-8-19(20)27/h4-5,8-9,13-14,16,22H,3,6-7,10-12,15H2,1-2H3. The second kappa shape index (κ2) is 8.37. The Morgan fingerprint density at radius 3 is 2.62 bits per heavy atom. The average Bonchev–Trinajstić information content (AvgIpc) is 3.22. The van der Waals surface area contributed by atoms with Crippen LogP contribution >= 0.6 is 0 Å². The number of amides is 2. The Morgan fingerprint density at radius 2 is 1.84 bits per heavy atom. The molecule has 1 fully saturated rings. The number of carbonyl (C=O) groups excluding carboxylic acids is 2. The summed E-state index contributed by atoms with van der Waals surface area (Å²) >= 11 is 0. The highest BCUT2D eigenvalue weighted by molar-refractivity contribution is 6.08. The van der Waals surface area contributed by atoms with Gasteiger partial charge in [0.15, 0.2) is 17.6 Å². The number of ether oxygens (including phenoxy) is 3. The number of methoxy groups -OCH3 is 1. The zero-order chi connectivity index (χ0) is 22.2. The van der Waals surface area contributed by atoms with E-state index < -0.39 is 6.10 Å². The lowest BCUT2D eigenvalue weighted by atomic mass is 10.0. The molecule has 0 aliphatic carbocycles. The molecule has 2 aromatic rings. The van der Waals surface area contributed by atoms with E-state index in [0.29, 0.717) is 28.5 Å². The molecule has 2 amide bonds. The maximum atomic E-state index is 13.7. The summed E-state index contributed by atoms with van der Waals surface area (Å²) < 4.78 is 17.4. The van der Waals surface area contributed by atoms with Crippen molar-refractivity contribution in [3.05, 3.63) is 47.5 Å². The average molecular weight is 437 g/mol. The van der Waals surface area contributed by atoms with Crippen molar-refractivity contribution >= 4 is 17.5 Å². The van der Waals surface area contributed by atoms with Crippen LogP contribution in [0.5, 0.6) is 17.2 Å². The van der Waals surface area contributed by atoms with Gasteiger partial charge in [0.25, 0.3) is 11.8 Å². The van der Waals surface area contributed by atoms with Crippen molar-refractivity contribution < 1.29 is 23.8 Å². The fraction of sp³-hybridized carbons (Fsp3) is 0.440. The first-order valence-corrected chi connectivity index (χ1v) is 11.3. The number of rotatable bonds is 3. The Morgan fingerprint density at radius 1 is 1.06 bits per heavy atom. The van der Waals surface area contributed by atoms with Gasteiger partial charge in [0.2, 0.25) is 0 Å². The van der Waals surface area contributed by atoms with Gasteiger partial charge in [-0.25, -0.2) is 0 Å². The second-order valence-corrected chi connectivity index (χ2v) is 8.68. The molecule has 2 aromatic carbocycles. The third-order valence-corrected chi connectivity index (χ3v) is 6.39. The Kier molecular flexibility index (Phi) is 5.41. The summed E-state index contributed by atoms with van der Waals surface area (Å²) in [6.45, 7) is 3.66. The molecule has 1 saturated heterocycles. The van der Waals surface area contributed by atoms with Crippen LogP contribution in [0.15, 0.2) is 36.4 Å². The van der Waals surface area contributed by atoms with E-state index in [4.69, 9.17) is 14.2 Å². The minimum Gasteiger partial charge on any atom is -0.493 e. The van der Waals surface area contributed by atoms with Crippen molar-refractivity contribution in [1.82, 2.24) is 4.90 Å². The molecule has 0 N–H and O–H groups in total. The number of piperidine rings is 1. The number of likely N-dealkylation sites (tertiary alicyclic amines) is 1.